The molecule has 1 N–H and O–H groups in total. The van der Waals surface area contributed by atoms with Gasteiger partial charge in [-0.2, -0.15) is 0 Å². The molecule has 0 aromatic heterocycles. The van der Waals surface area contributed by atoms with E-state index in [1.165, 1.54) is 21.1 Å². The van der Waals surface area contributed by atoms with Crippen molar-refractivity contribution < 1.29 is 55.4 Å². The van der Waals surface area contributed by atoms with E-state index in [1.807, 2.05) is 0 Å². The number of halogens is 2. The Kier molecular flexibility index (Phi) is 8.90. The molecule has 3 rings (SSSR count). The molecule has 2 aromatic carbocycles. The van der Waals surface area contributed by atoms with Gasteiger partial charge in [-0.1, -0.05) is 6.07 Å². The van der Waals surface area contributed by atoms with Crippen LogP contribution in [0.15, 0.2) is 18.2 Å². The minimum absolute atomic E-state index is 0. The van der Waals surface area contributed by atoms with E-state index in [2.05, 4.69) is 77.4 Å². The third-order valence-corrected chi connectivity index (χ3v) is 8.64. The zero-order chi connectivity index (χ0) is 17.9. The minimum atomic E-state index is -1.80. The van der Waals surface area contributed by atoms with Gasteiger partial charge in [-0.25, -0.2) is 0 Å². The Balaban J connectivity index is 0.00000225. The number of hydrogen-bond acceptors (Lipinski definition) is 3. The predicted molar refractivity (Wildman–Crippen MR) is 109 cm³/mol. The molecule has 0 amide bonds. The van der Waals surface area contributed by atoms with E-state index >= 15 is 0 Å². The summed E-state index contributed by atoms with van der Waals surface area (Å²) in [5.41, 5.74) is 1.13. The van der Waals surface area contributed by atoms with Crippen LogP contribution in [0.5, 0.6) is 5.75 Å². The number of nitrogens with one attached hydrogen (secondary N) is 1. The normalized spacial score (nSPS) is 17.9. The Morgan fingerprint density at radius 1 is 1.15 bits per heavy atom. The summed E-state index contributed by atoms with van der Waals surface area (Å²) in [5.74, 6) is 0.991. The largest absolute Gasteiger partial charge is 3.00 e. The molecule has 1 heterocycles. The van der Waals surface area contributed by atoms with Crippen molar-refractivity contribution in [2.75, 3.05) is 11.9 Å². The Morgan fingerprint density at radius 2 is 1.74 bits per heavy atom. The van der Waals surface area contributed by atoms with Crippen LogP contribution in [0.4, 0.5) is 5.69 Å². The molecule has 8 heteroatoms. The van der Waals surface area contributed by atoms with E-state index in [4.69, 9.17) is 8.85 Å². The van der Waals surface area contributed by atoms with E-state index in [0.717, 1.165) is 18.0 Å². The van der Waals surface area contributed by atoms with Crippen LogP contribution in [0.3, 0.4) is 0 Å². The van der Waals surface area contributed by atoms with Crippen LogP contribution in [0.25, 0.3) is 10.8 Å². The van der Waals surface area contributed by atoms with Gasteiger partial charge in [0.05, 0.1) is 0 Å². The van der Waals surface area contributed by atoms with Crippen molar-refractivity contribution in [3.05, 3.63) is 18.2 Å². The molecule has 3 nitrogen and oxygen atoms in total. The van der Waals surface area contributed by atoms with E-state index in [-0.39, 0.29) is 52.1 Å². The second-order valence-electron chi connectivity index (χ2n) is 8.89. The Morgan fingerprint density at radius 3 is 2.22 bits per heavy atom. The monoisotopic (exact) mass is 478 g/mol. The van der Waals surface area contributed by atoms with Crippen molar-refractivity contribution in [2.24, 2.45) is 0 Å². The van der Waals surface area contributed by atoms with Crippen molar-refractivity contribution in [3.8, 4) is 5.75 Å². The van der Waals surface area contributed by atoms with Crippen molar-refractivity contribution in [1.29, 1.82) is 0 Å². The third kappa shape index (κ3) is 5.38. The molecule has 0 saturated heterocycles. The summed E-state index contributed by atoms with van der Waals surface area (Å²) in [6.07, 6.45) is 0. The molecule has 149 valence electrons. The van der Waals surface area contributed by atoms with Crippen LogP contribution in [-0.4, -0.2) is 28.8 Å². The average molecular weight is 479 g/mol. The molecule has 0 bridgehead atoms. The topological polar surface area (TPSA) is 30.5 Å². The first-order valence-electron chi connectivity index (χ1n) is 8.85. The Bertz CT molecular complexity index is 800. The molecule has 1 aliphatic rings. The molecule has 0 fully saturated rings. The Hall–Kier alpha value is 0.118. The van der Waals surface area contributed by atoms with Gasteiger partial charge in [-0.3, -0.25) is 0 Å². The number of hydrogen-bond donors (Lipinski definition) is 1. The summed E-state index contributed by atoms with van der Waals surface area (Å²) >= 11 is 0. The standard InChI is InChI=1S/C19H30NO2Si2.2ClH.Ti/c1-9-21-24(8)15-12-13-10-11-14(22-23(5,6)7)17(16(13)18(15)24)20-19(2,3)4;;;/h10-12,20H,9H2,1-8H3;2*1H;/q-1;;;+3/p-2. The van der Waals surface area contributed by atoms with Gasteiger partial charge in [-0.05, 0) is 53.9 Å². The third-order valence-electron chi connectivity index (χ3n) is 4.30. The maximum absolute atomic E-state index is 6.41. The zero-order valence-electron chi connectivity index (χ0n) is 17.5. The molecule has 1 radical (unpaired) electrons. The van der Waals surface area contributed by atoms with E-state index in [9.17, 15) is 0 Å². The molecule has 1 aliphatic heterocycles. The van der Waals surface area contributed by atoms with E-state index < -0.39 is 16.6 Å². The van der Waals surface area contributed by atoms with Crippen molar-refractivity contribution >= 4 is 43.5 Å². The van der Waals surface area contributed by atoms with Gasteiger partial charge < -0.3 is 39.0 Å². The molecule has 27 heavy (non-hydrogen) atoms. The first-order valence-corrected chi connectivity index (χ1v) is 14.7. The number of benzene rings is 1. The molecule has 1 unspecified atom stereocenters. The fraction of sp³-hybridized carbons (Fsp3) is 0.526. The fourth-order valence-electron chi connectivity index (χ4n) is 3.46. The quantitative estimate of drug-likeness (QED) is 0.399. The maximum Gasteiger partial charge on any atom is 3.00 e. The predicted octanol–water partition coefficient (Wildman–Crippen LogP) is -1.97. The van der Waals surface area contributed by atoms with Crippen molar-refractivity contribution in [3.63, 3.8) is 0 Å². The zero-order valence-corrected chi connectivity index (χ0v) is 22.6. The summed E-state index contributed by atoms with van der Waals surface area (Å²) in [6.45, 7) is 18.5. The maximum atomic E-state index is 6.41. The molecule has 0 aliphatic carbocycles. The number of rotatable bonds is 5. The van der Waals surface area contributed by atoms with Gasteiger partial charge in [-0.15, -0.1) is 33.3 Å². The fourth-order valence-corrected chi connectivity index (χ4v) is 7.83. The summed E-state index contributed by atoms with van der Waals surface area (Å²) in [5, 5.41) is 9.28. The van der Waals surface area contributed by atoms with Crippen LogP contribution in [-0.2, 0) is 26.1 Å². The molecular weight excluding hydrogens is 449 g/mol. The van der Waals surface area contributed by atoms with Gasteiger partial charge >= 0.3 is 21.7 Å². The summed E-state index contributed by atoms with van der Waals surface area (Å²) in [7, 11) is -3.48. The molecule has 0 saturated carbocycles. The second kappa shape index (κ2) is 8.86. The average Bonchev–Trinajstić information content (AvgIpc) is 2.79. The first kappa shape index (κ1) is 27.1. The number of fused-ring (bicyclic) bond motifs is 3. The SMILES string of the molecule is CCO[Si]1(C)c2[cH-]c3ccc(O[Si](C)(C)C)c(NC(C)(C)C)c3c21.[Cl-].[Cl-].[Ti+3]. The smallest absolute Gasteiger partial charge is 1.00 e. The van der Waals surface area contributed by atoms with Gasteiger partial charge in [0.1, 0.15) is 5.75 Å². The van der Waals surface area contributed by atoms with Gasteiger partial charge in [0.25, 0.3) is 0 Å². The van der Waals surface area contributed by atoms with Crippen LogP contribution in [0.2, 0.25) is 26.2 Å². The van der Waals surface area contributed by atoms with Gasteiger partial charge in [0, 0.05) is 17.8 Å². The second-order valence-corrected chi connectivity index (χ2v) is 16.7. The number of anilines is 1. The minimum Gasteiger partial charge on any atom is -1.00 e. The molecule has 0 spiro atoms. The van der Waals surface area contributed by atoms with E-state index in [1.54, 1.807) is 0 Å². The van der Waals surface area contributed by atoms with Crippen LogP contribution in [0.1, 0.15) is 27.7 Å². The van der Waals surface area contributed by atoms with Crippen LogP contribution >= 0.6 is 0 Å². The molecule has 2 aromatic rings. The summed E-state index contributed by atoms with van der Waals surface area (Å²) in [6, 6.07) is 6.66. The van der Waals surface area contributed by atoms with Gasteiger partial charge in [0.15, 0.2) is 8.32 Å². The van der Waals surface area contributed by atoms with Crippen molar-refractivity contribution in [1.82, 2.24) is 0 Å². The summed E-state index contributed by atoms with van der Waals surface area (Å²) in [4.78, 5) is 0. The van der Waals surface area contributed by atoms with E-state index in [0.29, 0.717) is 0 Å². The van der Waals surface area contributed by atoms with Gasteiger partial charge in [0.2, 0.25) is 8.32 Å². The Labute approximate surface area is 193 Å². The molecular formula is C19H30Cl2NO2Si2Ti. The summed E-state index contributed by atoms with van der Waals surface area (Å²) < 4.78 is 12.6. The van der Waals surface area contributed by atoms with Crippen LogP contribution < -0.4 is 44.9 Å². The first-order chi connectivity index (χ1) is 11.0. The molecule has 1 atom stereocenters. The van der Waals surface area contributed by atoms with Crippen LogP contribution in [0, 0.1) is 0 Å². The van der Waals surface area contributed by atoms with Crippen molar-refractivity contribution in [2.45, 2.75) is 59.4 Å².